The number of amides is 1. The number of hydrazine groups is 1. The summed E-state index contributed by atoms with van der Waals surface area (Å²) in [4.78, 5) is 12.5. The van der Waals surface area contributed by atoms with Crippen LogP contribution in [0.25, 0.3) is 0 Å². The maximum Gasteiger partial charge on any atom is 0.243 e. The number of carbonyl (C=O) groups is 1. The normalized spacial score (nSPS) is 31.2. The summed E-state index contributed by atoms with van der Waals surface area (Å²) in [6.07, 6.45) is 3.99. The standard InChI is InChI=1S/C16H22N4O3S/c21-16(15-13-3-1-4-14(13)18-19-15)17-11-5-7-12(8-6-11)20-9-2-10-24(20,22)23/h5-8,13-15,18-19H,1-4,9-10H2,(H,17,21). The molecule has 2 heterocycles. The smallest absolute Gasteiger partial charge is 0.243 e. The van der Waals surface area contributed by atoms with Crippen LogP contribution in [-0.2, 0) is 14.8 Å². The Morgan fingerprint density at radius 2 is 1.92 bits per heavy atom. The Balaban J connectivity index is 1.43. The molecule has 130 valence electrons. The van der Waals surface area contributed by atoms with Gasteiger partial charge >= 0.3 is 0 Å². The molecule has 0 aromatic heterocycles. The van der Waals surface area contributed by atoms with E-state index in [0.717, 1.165) is 19.3 Å². The van der Waals surface area contributed by atoms with Crippen LogP contribution in [0.2, 0.25) is 0 Å². The lowest BCUT2D eigenvalue weighted by Gasteiger charge is -2.18. The van der Waals surface area contributed by atoms with Crippen molar-refractivity contribution in [2.45, 2.75) is 37.8 Å². The third-order valence-electron chi connectivity index (χ3n) is 5.23. The molecule has 1 aliphatic carbocycles. The monoisotopic (exact) mass is 350 g/mol. The molecule has 7 nitrogen and oxygen atoms in total. The predicted molar refractivity (Wildman–Crippen MR) is 92.0 cm³/mol. The first kappa shape index (κ1) is 15.9. The maximum atomic E-state index is 12.5. The Hall–Kier alpha value is -1.64. The number of nitrogens with zero attached hydrogens (tertiary/aromatic N) is 1. The van der Waals surface area contributed by atoms with Gasteiger partial charge in [-0.25, -0.2) is 13.8 Å². The Bertz CT molecular complexity index is 734. The number of hydrogen-bond donors (Lipinski definition) is 3. The molecule has 2 saturated heterocycles. The van der Waals surface area contributed by atoms with Gasteiger partial charge in [0, 0.05) is 24.2 Å². The van der Waals surface area contributed by atoms with Crippen LogP contribution < -0.4 is 20.5 Å². The summed E-state index contributed by atoms with van der Waals surface area (Å²) < 4.78 is 25.3. The number of hydrogen-bond acceptors (Lipinski definition) is 5. The van der Waals surface area contributed by atoms with E-state index in [1.165, 1.54) is 4.31 Å². The number of sulfonamides is 1. The summed E-state index contributed by atoms with van der Waals surface area (Å²) in [7, 11) is -3.17. The van der Waals surface area contributed by atoms with Crippen molar-refractivity contribution in [2.24, 2.45) is 5.92 Å². The summed E-state index contributed by atoms with van der Waals surface area (Å²) >= 11 is 0. The van der Waals surface area contributed by atoms with E-state index >= 15 is 0 Å². The van der Waals surface area contributed by atoms with Gasteiger partial charge in [0.15, 0.2) is 0 Å². The number of fused-ring (bicyclic) bond motifs is 1. The average Bonchev–Trinajstić information content (AvgIpc) is 3.22. The van der Waals surface area contributed by atoms with E-state index < -0.39 is 10.0 Å². The van der Waals surface area contributed by atoms with Gasteiger partial charge in [-0.3, -0.25) is 14.5 Å². The van der Waals surface area contributed by atoms with E-state index in [4.69, 9.17) is 0 Å². The second kappa shape index (κ2) is 6.02. The molecule has 0 bridgehead atoms. The van der Waals surface area contributed by atoms with Crippen LogP contribution in [-0.4, -0.2) is 38.7 Å². The molecule has 1 aromatic rings. The van der Waals surface area contributed by atoms with Crippen molar-refractivity contribution in [3.63, 3.8) is 0 Å². The average molecular weight is 350 g/mol. The van der Waals surface area contributed by atoms with Crippen molar-refractivity contribution in [1.29, 1.82) is 0 Å². The molecular formula is C16H22N4O3S. The molecule has 3 N–H and O–H groups in total. The topological polar surface area (TPSA) is 90.5 Å². The second-order valence-corrected chi connectivity index (χ2v) is 8.76. The molecule has 1 aromatic carbocycles. The molecule has 3 atom stereocenters. The van der Waals surface area contributed by atoms with Gasteiger partial charge in [0.2, 0.25) is 15.9 Å². The van der Waals surface area contributed by atoms with Crippen LogP contribution in [0.4, 0.5) is 11.4 Å². The zero-order valence-corrected chi connectivity index (χ0v) is 14.2. The van der Waals surface area contributed by atoms with Crippen molar-refractivity contribution >= 4 is 27.3 Å². The summed E-state index contributed by atoms with van der Waals surface area (Å²) in [5.74, 6) is 0.506. The largest absolute Gasteiger partial charge is 0.325 e. The van der Waals surface area contributed by atoms with Crippen molar-refractivity contribution in [3.8, 4) is 0 Å². The number of rotatable bonds is 3. The molecule has 3 unspecified atom stereocenters. The highest BCUT2D eigenvalue weighted by Crippen LogP contribution is 2.32. The van der Waals surface area contributed by atoms with Crippen molar-refractivity contribution in [2.75, 3.05) is 21.9 Å². The van der Waals surface area contributed by atoms with Gasteiger partial charge in [-0.2, -0.15) is 0 Å². The third-order valence-corrected chi connectivity index (χ3v) is 7.10. The Kier molecular flexibility index (Phi) is 3.98. The highest BCUT2D eigenvalue weighted by Gasteiger charge is 2.42. The van der Waals surface area contributed by atoms with E-state index in [1.807, 2.05) is 0 Å². The van der Waals surface area contributed by atoms with E-state index in [9.17, 15) is 13.2 Å². The molecular weight excluding hydrogens is 328 g/mol. The van der Waals surface area contributed by atoms with Gasteiger partial charge < -0.3 is 5.32 Å². The van der Waals surface area contributed by atoms with Gasteiger partial charge in [0.25, 0.3) is 0 Å². The highest BCUT2D eigenvalue weighted by atomic mass is 32.2. The van der Waals surface area contributed by atoms with Crippen molar-refractivity contribution in [1.82, 2.24) is 10.9 Å². The number of nitrogens with one attached hydrogen (secondary N) is 3. The second-order valence-electron chi connectivity index (χ2n) is 6.75. The summed E-state index contributed by atoms with van der Waals surface area (Å²) in [6, 6.07) is 7.19. The number of benzene rings is 1. The molecule has 2 aliphatic heterocycles. The van der Waals surface area contributed by atoms with E-state index in [0.29, 0.717) is 36.3 Å². The van der Waals surface area contributed by atoms with Crippen LogP contribution in [0.5, 0.6) is 0 Å². The molecule has 4 rings (SSSR count). The number of anilines is 2. The molecule has 8 heteroatoms. The van der Waals surface area contributed by atoms with Crippen LogP contribution in [0.15, 0.2) is 24.3 Å². The van der Waals surface area contributed by atoms with Gasteiger partial charge in [-0.05, 0) is 43.5 Å². The first-order valence-electron chi connectivity index (χ1n) is 8.47. The predicted octanol–water partition coefficient (Wildman–Crippen LogP) is 0.810. The molecule has 24 heavy (non-hydrogen) atoms. The fraction of sp³-hybridized carbons (Fsp3) is 0.562. The van der Waals surface area contributed by atoms with Gasteiger partial charge in [0.1, 0.15) is 6.04 Å². The Morgan fingerprint density at radius 1 is 1.12 bits per heavy atom. The fourth-order valence-corrected chi connectivity index (χ4v) is 5.56. The van der Waals surface area contributed by atoms with Gasteiger partial charge in [-0.1, -0.05) is 6.42 Å². The zero-order chi connectivity index (χ0) is 16.7. The molecule has 1 amide bonds. The van der Waals surface area contributed by atoms with Crippen LogP contribution >= 0.6 is 0 Å². The van der Waals surface area contributed by atoms with Crippen LogP contribution in [0.3, 0.4) is 0 Å². The molecule has 0 radical (unpaired) electrons. The summed E-state index contributed by atoms with van der Waals surface area (Å²) in [6.45, 7) is 0.523. The van der Waals surface area contributed by atoms with Crippen molar-refractivity contribution < 1.29 is 13.2 Å². The number of carbonyl (C=O) groups excluding carboxylic acids is 1. The summed E-state index contributed by atoms with van der Waals surface area (Å²) in [5.41, 5.74) is 7.64. The molecule has 3 aliphatic rings. The minimum absolute atomic E-state index is 0.0431. The minimum Gasteiger partial charge on any atom is -0.325 e. The summed E-state index contributed by atoms with van der Waals surface area (Å²) in [5, 5.41) is 2.93. The lowest BCUT2D eigenvalue weighted by atomic mass is 9.96. The maximum absolute atomic E-state index is 12.5. The first-order chi connectivity index (χ1) is 11.5. The van der Waals surface area contributed by atoms with E-state index in [-0.39, 0.29) is 17.7 Å². The fourth-order valence-electron chi connectivity index (χ4n) is 3.99. The Labute approximate surface area is 141 Å². The highest BCUT2D eigenvalue weighted by molar-refractivity contribution is 7.93. The lowest BCUT2D eigenvalue weighted by molar-refractivity contribution is -0.118. The third kappa shape index (κ3) is 2.78. The van der Waals surface area contributed by atoms with E-state index in [2.05, 4.69) is 16.2 Å². The molecule has 3 fully saturated rings. The Morgan fingerprint density at radius 3 is 2.62 bits per heavy atom. The van der Waals surface area contributed by atoms with Crippen LogP contribution in [0, 0.1) is 5.92 Å². The van der Waals surface area contributed by atoms with E-state index in [1.54, 1.807) is 24.3 Å². The zero-order valence-electron chi connectivity index (χ0n) is 13.4. The SMILES string of the molecule is O=C(Nc1ccc(N2CCCS2(=O)=O)cc1)C1NNC2CCCC21. The lowest BCUT2D eigenvalue weighted by Crippen LogP contribution is -2.42. The first-order valence-corrected chi connectivity index (χ1v) is 10.1. The van der Waals surface area contributed by atoms with Crippen LogP contribution in [0.1, 0.15) is 25.7 Å². The van der Waals surface area contributed by atoms with Crippen molar-refractivity contribution in [3.05, 3.63) is 24.3 Å². The quantitative estimate of drug-likeness (QED) is 0.751. The minimum atomic E-state index is -3.17. The van der Waals surface area contributed by atoms with Gasteiger partial charge in [-0.15, -0.1) is 0 Å². The molecule has 0 spiro atoms. The van der Waals surface area contributed by atoms with Gasteiger partial charge in [0.05, 0.1) is 11.4 Å². The molecule has 1 saturated carbocycles.